The Morgan fingerprint density at radius 2 is 1.45 bits per heavy atom. The summed E-state index contributed by atoms with van der Waals surface area (Å²) >= 11 is 0. The minimum Gasteiger partial charge on any atom is -0.449 e. The number of benzene rings is 2. The summed E-state index contributed by atoms with van der Waals surface area (Å²) in [5, 5.41) is 0. The van der Waals surface area contributed by atoms with Crippen LogP contribution in [0.1, 0.15) is 123 Å². The van der Waals surface area contributed by atoms with E-state index in [2.05, 4.69) is 11.7 Å². The third-order valence-corrected chi connectivity index (χ3v) is 7.66. The number of hydrogen-bond acceptors (Lipinski definition) is 6. The van der Waals surface area contributed by atoms with Crippen LogP contribution in [0.3, 0.4) is 0 Å². The Balaban J connectivity index is 1.48. The van der Waals surface area contributed by atoms with Crippen molar-refractivity contribution in [2.45, 2.75) is 109 Å². The second-order valence-electron chi connectivity index (χ2n) is 11.4. The van der Waals surface area contributed by atoms with Gasteiger partial charge >= 0.3 is 18.1 Å². The van der Waals surface area contributed by atoms with Crippen molar-refractivity contribution in [3.63, 3.8) is 0 Å². The predicted octanol–water partition coefficient (Wildman–Crippen LogP) is 9.52. The molecule has 1 saturated heterocycles. The van der Waals surface area contributed by atoms with Gasteiger partial charge in [0.05, 0.1) is 24.3 Å². The highest BCUT2D eigenvalue weighted by Gasteiger charge is 2.42. The van der Waals surface area contributed by atoms with Gasteiger partial charge < -0.3 is 18.9 Å². The minimum atomic E-state index is -4.77. The van der Waals surface area contributed by atoms with E-state index >= 15 is 0 Å². The van der Waals surface area contributed by atoms with Crippen molar-refractivity contribution < 1.29 is 46.1 Å². The van der Waals surface area contributed by atoms with Crippen LogP contribution in [-0.2, 0) is 14.2 Å². The van der Waals surface area contributed by atoms with E-state index in [4.69, 9.17) is 14.2 Å². The molecule has 10 heteroatoms. The smallest absolute Gasteiger partial charge is 0.425 e. The number of carbonyl (C=O) groups excluding carboxylic acids is 2. The van der Waals surface area contributed by atoms with Crippen LogP contribution in [0.5, 0.6) is 5.75 Å². The molecule has 244 valence electrons. The molecule has 0 aliphatic carbocycles. The van der Waals surface area contributed by atoms with E-state index in [1.807, 2.05) is 6.92 Å². The molecule has 3 rings (SSSR count). The third kappa shape index (κ3) is 11.5. The van der Waals surface area contributed by atoms with Gasteiger partial charge in [0, 0.05) is 17.5 Å². The van der Waals surface area contributed by atoms with Crippen molar-refractivity contribution in [1.29, 1.82) is 0 Å². The Morgan fingerprint density at radius 1 is 0.841 bits per heavy atom. The lowest BCUT2D eigenvalue weighted by atomic mass is 10.0. The monoisotopic (exact) mass is 624 g/mol. The van der Waals surface area contributed by atoms with Gasteiger partial charge in [-0.2, -0.15) is 13.2 Å². The Kier molecular flexibility index (Phi) is 14.6. The first-order valence-electron chi connectivity index (χ1n) is 15.7. The van der Waals surface area contributed by atoms with Gasteiger partial charge in [0.25, 0.3) is 0 Å². The maximum Gasteiger partial charge on any atom is 0.425 e. The molecule has 1 aliphatic rings. The van der Waals surface area contributed by atoms with Crippen molar-refractivity contribution in [2.75, 3.05) is 13.2 Å². The summed E-state index contributed by atoms with van der Waals surface area (Å²) in [6.07, 6.45) is 2.90. The molecule has 1 fully saturated rings. The van der Waals surface area contributed by atoms with E-state index in [0.29, 0.717) is 25.6 Å². The van der Waals surface area contributed by atoms with Crippen molar-refractivity contribution >= 4 is 11.9 Å². The first-order valence-corrected chi connectivity index (χ1v) is 15.7. The maximum atomic E-state index is 14.7. The molecule has 2 aromatic rings. The van der Waals surface area contributed by atoms with E-state index in [-0.39, 0.29) is 17.7 Å². The Morgan fingerprint density at radius 3 is 2.07 bits per heavy atom. The van der Waals surface area contributed by atoms with Crippen LogP contribution in [0, 0.1) is 11.7 Å². The fourth-order valence-corrected chi connectivity index (χ4v) is 5.02. The molecule has 0 aromatic heterocycles. The number of halogens is 4. The fourth-order valence-electron chi connectivity index (χ4n) is 5.02. The molecule has 2 aromatic carbocycles. The molecule has 1 aliphatic heterocycles. The molecule has 0 bridgehead atoms. The molecule has 0 spiro atoms. The molecule has 44 heavy (non-hydrogen) atoms. The zero-order valence-corrected chi connectivity index (χ0v) is 25.6. The third-order valence-electron chi connectivity index (χ3n) is 7.66. The lowest BCUT2D eigenvalue weighted by Crippen LogP contribution is -2.34. The highest BCUT2D eigenvalue weighted by atomic mass is 19.4. The van der Waals surface area contributed by atoms with Crippen LogP contribution in [0.4, 0.5) is 17.6 Å². The maximum absolute atomic E-state index is 14.7. The summed E-state index contributed by atoms with van der Waals surface area (Å²) in [5.41, 5.74) is 0.250. The number of carbonyl (C=O) groups is 2. The number of esters is 2. The lowest BCUT2D eigenvalue weighted by molar-refractivity contribution is -0.206. The topological polar surface area (TPSA) is 71.1 Å². The van der Waals surface area contributed by atoms with Crippen LogP contribution in [0.15, 0.2) is 42.5 Å². The molecule has 0 saturated carbocycles. The summed E-state index contributed by atoms with van der Waals surface area (Å²) < 4.78 is 76.4. The quantitative estimate of drug-likeness (QED) is 0.0756. The molecular weight excluding hydrogens is 580 g/mol. The largest absolute Gasteiger partial charge is 0.449 e. The van der Waals surface area contributed by atoms with Crippen LogP contribution >= 0.6 is 0 Å². The van der Waals surface area contributed by atoms with Crippen molar-refractivity contribution in [2.24, 2.45) is 5.92 Å². The van der Waals surface area contributed by atoms with Crippen LogP contribution in [0.2, 0.25) is 0 Å². The van der Waals surface area contributed by atoms with Gasteiger partial charge in [0.15, 0.2) is 12.4 Å². The Bertz CT molecular complexity index is 1160. The lowest BCUT2D eigenvalue weighted by Gasteiger charge is -2.29. The highest BCUT2D eigenvalue weighted by Crippen LogP contribution is 2.30. The SMILES string of the molecule is CCCCCCCCC1COC(c2ccc(C(=O)Oc3ccc(C(=O)OC(CCCCCC)C(F)(F)F)c(F)c3)cc2)OC1. The fraction of sp³-hybridized carbons (Fsp3) is 0.588. The standard InChI is InChI=1S/C34H44F4O6/c1-3-5-7-9-10-11-13-24-22-41-33(42-23-24)26-17-15-25(16-18-26)31(39)43-27-19-20-28(29(35)21-27)32(40)44-30(34(36,37)38)14-12-8-6-4-2/h15-21,24,30,33H,3-14,22-23H2,1-2H3. The summed E-state index contributed by atoms with van der Waals surface area (Å²) in [6, 6.07) is 9.27. The summed E-state index contributed by atoms with van der Waals surface area (Å²) in [5.74, 6) is -3.23. The van der Waals surface area contributed by atoms with Crippen LogP contribution in [-0.4, -0.2) is 37.4 Å². The predicted molar refractivity (Wildman–Crippen MR) is 158 cm³/mol. The van der Waals surface area contributed by atoms with E-state index in [0.717, 1.165) is 49.4 Å². The van der Waals surface area contributed by atoms with Crippen molar-refractivity contribution in [3.05, 3.63) is 65.0 Å². The van der Waals surface area contributed by atoms with Gasteiger partial charge in [0.2, 0.25) is 0 Å². The second kappa shape index (κ2) is 18.1. The van der Waals surface area contributed by atoms with E-state index in [9.17, 15) is 27.2 Å². The van der Waals surface area contributed by atoms with Gasteiger partial charge in [-0.25, -0.2) is 14.0 Å². The average molecular weight is 625 g/mol. The van der Waals surface area contributed by atoms with Crippen molar-refractivity contribution in [1.82, 2.24) is 0 Å². The molecule has 6 nitrogen and oxygen atoms in total. The number of hydrogen-bond donors (Lipinski definition) is 0. The number of alkyl halides is 3. The first kappa shape index (κ1) is 35.5. The summed E-state index contributed by atoms with van der Waals surface area (Å²) in [7, 11) is 0. The Labute approximate surface area is 257 Å². The van der Waals surface area contributed by atoms with E-state index in [1.54, 1.807) is 12.1 Å². The molecule has 0 N–H and O–H groups in total. The zero-order chi connectivity index (χ0) is 32.0. The normalized spacial score (nSPS) is 17.7. The minimum absolute atomic E-state index is 0.186. The molecule has 0 radical (unpaired) electrons. The van der Waals surface area contributed by atoms with Gasteiger partial charge in [-0.05, 0) is 43.5 Å². The van der Waals surface area contributed by atoms with Crippen molar-refractivity contribution in [3.8, 4) is 5.75 Å². The molecule has 0 amide bonds. The summed E-state index contributed by atoms with van der Waals surface area (Å²) in [4.78, 5) is 25.0. The van der Waals surface area contributed by atoms with Crippen LogP contribution in [0.25, 0.3) is 0 Å². The zero-order valence-electron chi connectivity index (χ0n) is 25.6. The van der Waals surface area contributed by atoms with Gasteiger partial charge in [0.1, 0.15) is 11.6 Å². The Hall–Kier alpha value is -2.98. The number of ether oxygens (including phenoxy) is 4. The van der Waals surface area contributed by atoms with Gasteiger partial charge in [-0.1, -0.05) is 83.8 Å². The molecule has 1 unspecified atom stereocenters. The number of rotatable bonds is 17. The van der Waals surface area contributed by atoms with Gasteiger partial charge in [-0.3, -0.25) is 0 Å². The number of unbranched alkanes of at least 4 members (excludes halogenated alkanes) is 8. The summed E-state index contributed by atoms with van der Waals surface area (Å²) in [6.45, 7) is 5.34. The van der Waals surface area contributed by atoms with E-state index < -0.39 is 48.3 Å². The van der Waals surface area contributed by atoms with Gasteiger partial charge in [-0.15, -0.1) is 0 Å². The second-order valence-corrected chi connectivity index (χ2v) is 11.4. The first-order chi connectivity index (χ1) is 21.1. The van der Waals surface area contributed by atoms with Crippen LogP contribution < -0.4 is 4.74 Å². The molecule has 1 atom stereocenters. The molecule has 1 heterocycles. The van der Waals surface area contributed by atoms with E-state index in [1.165, 1.54) is 44.2 Å². The average Bonchev–Trinajstić information content (AvgIpc) is 3.00. The highest BCUT2D eigenvalue weighted by molar-refractivity contribution is 5.92. The molecular formula is C34H44F4O6.